The molecule has 0 saturated carbocycles. The molecule has 2 heterocycles. The van der Waals surface area contributed by atoms with Gasteiger partial charge in [-0.15, -0.1) is 0 Å². The van der Waals surface area contributed by atoms with Crippen molar-refractivity contribution in [1.82, 2.24) is 19.8 Å². The molecule has 0 spiro atoms. The van der Waals surface area contributed by atoms with E-state index in [1.54, 1.807) is 4.90 Å². The number of rotatable bonds is 3. The van der Waals surface area contributed by atoms with E-state index < -0.39 is 0 Å². The van der Waals surface area contributed by atoms with E-state index in [-0.39, 0.29) is 21.2 Å². The molecule has 1 aromatic heterocycles. The minimum Gasteiger partial charge on any atom is -0.336 e. The molecular weight excluding hydrogens is 311 g/mol. The first kappa shape index (κ1) is 12.4. The first-order valence-electron chi connectivity index (χ1n) is 5.03. The lowest BCUT2D eigenvalue weighted by atomic mass is 10.5. The number of halogens is 2. The fraction of sp³-hybridized carbons (Fsp3) is 0.444. The summed E-state index contributed by atoms with van der Waals surface area (Å²) in [4.78, 5) is 28.5. The van der Waals surface area contributed by atoms with Gasteiger partial charge in [-0.25, -0.2) is 9.78 Å². The molecule has 92 valence electrons. The number of hydrogen-bond acceptors (Lipinski definition) is 3. The molecule has 2 amide bonds. The molecule has 1 N–H and O–H groups in total. The Bertz CT molecular complexity index is 504. The van der Waals surface area contributed by atoms with Crippen LogP contribution < -0.4 is 10.9 Å². The third kappa shape index (κ3) is 2.61. The lowest BCUT2D eigenvalue weighted by Gasteiger charge is -2.14. The van der Waals surface area contributed by atoms with Crippen molar-refractivity contribution in [2.45, 2.75) is 6.54 Å². The summed E-state index contributed by atoms with van der Waals surface area (Å²) in [5, 5.41) is 2.84. The Morgan fingerprint density at radius 3 is 2.88 bits per heavy atom. The lowest BCUT2D eigenvalue weighted by Crippen LogP contribution is -2.33. The highest BCUT2D eigenvalue weighted by molar-refractivity contribution is 9.10. The summed E-state index contributed by atoms with van der Waals surface area (Å²) in [6.45, 7) is 2.18. The molecule has 2 rings (SSSR count). The Kier molecular flexibility index (Phi) is 3.68. The quantitative estimate of drug-likeness (QED) is 0.833. The molecule has 0 bridgehead atoms. The van der Waals surface area contributed by atoms with E-state index in [9.17, 15) is 9.59 Å². The summed E-state index contributed by atoms with van der Waals surface area (Å²) in [6.07, 6.45) is 1.38. The van der Waals surface area contributed by atoms with E-state index in [1.807, 2.05) is 0 Å². The van der Waals surface area contributed by atoms with Crippen LogP contribution in [0.2, 0.25) is 5.15 Å². The highest BCUT2D eigenvalue weighted by Gasteiger charge is 2.19. The van der Waals surface area contributed by atoms with Gasteiger partial charge in [0.25, 0.3) is 5.56 Å². The maximum Gasteiger partial charge on any atom is 0.317 e. The summed E-state index contributed by atoms with van der Waals surface area (Å²) in [7, 11) is 0. The summed E-state index contributed by atoms with van der Waals surface area (Å²) >= 11 is 8.77. The third-order valence-electron chi connectivity index (χ3n) is 2.50. The molecule has 0 atom stereocenters. The highest BCUT2D eigenvalue weighted by Crippen LogP contribution is 2.13. The topological polar surface area (TPSA) is 67.2 Å². The Balaban J connectivity index is 2.07. The van der Waals surface area contributed by atoms with Gasteiger partial charge in [0, 0.05) is 26.2 Å². The average molecular weight is 322 g/mol. The number of nitrogens with one attached hydrogen (secondary N) is 1. The van der Waals surface area contributed by atoms with Crippen molar-refractivity contribution in [2.24, 2.45) is 0 Å². The van der Waals surface area contributed by atoms with Gasteiger partial charge >= 0.3 is 6.03 Å². The molecule has 1 aliphatic heterocycles. The fourth-order valence-electron chi connectivity index (χ4n) is 1.56. The summed E-state index contributed by atoms with van der Waals surface area (Å²) in [6, 6.07) is -0.0981. The minimum atomic E-state index is -0.246. The predicted octanol–water partition coefficient (Wildman–Crippen LogP) is 0.684. The van der Waals surface area contributed by atoms with Crippen LogP contribution in [0.25, 0.3) is 0 Å². The predicted molar refractivity (Wildman–Crippen MR) is 66.2 cm³/mol. The van der Waals surface area contributed by atoms with Crippen LogP contribution in [0.3, 0.4) is 0 Å². The smallest absolute Gasteiger partial charge is 0.317 e. The van der Waals surface area contributed by atoms with Gasteiger partial charge in [0.15, 0.2) is 5.15 Å². The molecule has 1 saturated heterocycles. The molecule has 0 aromatic carbocycles. The minimum absolute atomic E-state index is 0.0981. The second kappa shape index (κ2) is 5.05. The molecule has 8 heteroatoms. The zero-order chi connectivity index (χ0) is 12.4. The van der Waals surface area contributed by atoms with Crippen LogP contribution in [0.5, 0.6) is 0 Å². The van der Waals surface area contributed by atoms with Crippen molar-refractivity contribution < 1.29 is 4.79 Å². The van der Waals surface area contributed by atoms with Crippen LogP contribution in [-0.2, 0) is 6.54 Å². The van der Waals surface area contributed by atoms with Crippen LogP contribution in [0, 0.1) is 0 Å². The van der Waals surface area contributed by atoms with Crippen molar-refractivity contribution in [2.75, 3.05) is 19.6 Å². The zero-order valence-electron chi connectivity index (χ0n) is 8.82. The molecule has 0 unspecified atom stereocenters. The lowest BCUT2D eigenvalue weighted by molar-refractivity contribution is 0.215. The van der Waals surface area contributed by atoms with E-state index in [1.165, 1.54) is 10.9 Å². The zero-order valence-corrected chi connectivity index (χ0v) is 11.2. The summed E-state index contributed by atoms with van der Waals surface area (Å²) in [5.41, 5.74) is -0.246. The fourth-order valence-corrected chi connectivity index (χ4v) is 2.01. The molecule has 17 heavy (non-hydrogen) atoms. The maximum absolute atomic E-state index is 11.7. The second-order valence-electron chi connectivity index (χ2n) is 3.57. The Morgan fingerprint density at radius 2 is 2.24 bits per heavy atom. The van der Waals surface area contributed by atoms with Gasteiger partial charge in [0.2, 0.25) is 0 Å². The van der Waals surface area contributed by atoms with Crippen molar-refractivity contribution >= 4 is 33.6 Å². The molecule has 0 aliphatic carbocycles. The summed E-state index contributed by atoms with van der Waals surface area (Å²) in [5.74, 6) is 0. The van der Waals surface area contributed by atoms with Crippen molar-refractivity contribution in [3.05, 3.63) is 26.3 Å². The highest BCUT2D eigenvalue weighted by atomic mass is 79.9. The van der Waals surface area contributed by atoms with Crippen molar-refractivity contribution in [1.29, 1.82) is 0 Å². The van der Waals surface area contributed by atoms with Crippen LogP contribution in [0.15, 0.2) is 15.6 Å². The summed E-state index contributed by atoms with van der Waals surface area (Å²) < 4.78 is 1.66. The molecule has 1 fully saturated rings. The Morgan fingerprint density at radius 1 is 1.47 bits per heavy atom. The van der Waals surface area contributed by atoms with Crippen LogP contribution in [-0.4, -0.2) is 40.1 Å². The van der Waals surface area contributed by atoms with Crippen LogP contribution in [0.4, 0.5) is 4.79 Å². The molecule has 1 aromatic rings. The van der Waals surface area contributed by atoms with Gasteiger partial charge in [0.1, 0.15) is 4.47 Å². The number of carbonyl (C=O) groups excluding carboxylic acids is 1. The van der Waals surface area contributed by atoms with Crippen LogP contribution in [0.1, 0.15) is 0 Å². The largest absolute Gasteiger partial charge is 0.336 e. The molecule has 1 aliphatic rings. The van der Waals surface area contributed by atoms with Gasteiger partial charge in [-0.05, 0) is 15.9 Å². The number of carbonyl (C=O) groups is 1. The Labute approximate surface area is 111 Å². The van der Waals surface area contributed by atoms with Gasteiger partial charge in [0.05, 0.1) is 6.33 Å². The van der Waals surface area contributed by atoms with Gasteiger partial charge in [-0.1, -0.05) is 11.6 Å². The molecule has 0 radical (unpaired) electrons. The standard InChI is InChI=1S/C9H10BrClN4O2/c10-6-7(11)13-5-15(8(6)16)4-3-14-2-1-12-9(14)17/h5H,1-4H2,(H,12,17). The van der Waals surface area contributed by atoms with Crippen molar-refractivity contribution in [3.63, 3.8) is 0 Å². The van der Waals surface area contributed by atoms with Gasteiger partial charge in [-0.3, -0.25) is 9.36 Å². The van der Waals surface area contributed by atoms with E-state index >= 15 is 0 Å². The number of hydrogen-bond donors (Lipinski definition) is 1. The third-order valence-corrected chi connectivity index (χ3v) is 3.73. The number of nitrogens with zero attached hydrogens (tertiary/aromatic N) is 3. The molecule has 6 nitrogen and oxygen atoms in total. The Hall–Kier alpha value is -1.08. The number of aromatic nitrogens is 2. The van der Waals surface area contributed by atoms with E-state index in [0.29, 0.717) is 26.2 Å². The normalized spacial score (nSPS) is 15.2. The maximum atomic E-state index is 11.7. The average Bonchev–Trinajstić information content (AvgIpc) is 2.71. The SMILES string of the molecule is O=C1NCCN1CCn1cnc(Cl)c(Br)c1=O. The number of urea groups is 1. The van der Waals surface area contributed by atoms with E-state index in [0.717, 1.165) is 0 Å². The second-order valence-corrected chi connectivity index (χ2v) is 4.72. The van der Waals surface area contributed by atoms with Crippen molar-refractivity contribution in [3.8, 4) is 0 Å². The number of amides is 2. The van der Waals surface area contributed by atoms with E-state index in [2.05, 4.69) is 26.2 Å². The van der Waals surface area contributed by atoms with E-state index in [4.69, 9.17) is 11.6 Å². The molecular formula is C9H10BrClN4O2. The van der Waals surface area contributed by atoms with Gasteiger partial charge < -0.3 is 10.2 Å². The van der Waals surface area contributed by atoms with Crippen LogP contribution >= 0.6 is 27.5 Å². The monoisotopic (exact) mass is 320 g/mol. The first-order valence-corrected chi connectivity index (χ1v) is 6.20. The van der Waals surface area contributed by atoms with Gasteiger partial charge in [-0.2, -0.15) is 0 Å². The first-order chi connectivity index (χ1) is 8.09.